The van der Waals surface area contributed by atoms with Gasteiger partial charge in [0.25, 0.3) is 0 Å². The fraction of sp³-hybridized carbons (Fsp3) is 0.438. The van der Waals surface area contributed by atoms with E-state index in [0.717, 1.165) is 29.7 Å². The number of benzene rings is 1. The molecule has 2 aromatic rings. The van der Waals surface area contributed by atoms with Gasteiger partial charge in [0.1, 0.15) is 11.3 Å². The van der Waals surface area contributed by atoms with Crippen LogP contribution in [-0.4, -0.2) is 24.2 Å². The molecule has 0 amide bonds. The normalized spacial score (nSPS) is 18.8. The first-order valence-electron chi connectivity index (χ1n) is 7.13. The third-order valence-electron chi connectivity index (χ3n) is 3.71. The number of para-hydroxylation sites is 1. The van der Waals surface area contributed by atoms with Crippen LogP contribution < -0.4 is 10.1 Å². The number of rotatable bonds is 5. The minimum atomic E-state index is 0.703. The smallest absolute Gasteiger partial charge is 0.145 e. The Morgan fingerprint density at radius 2 is 2.21 bits per heavy atom. The Kier molecular flexibility index (Phi) is 3.94. The first-order valence-corrected chi connectivity index (χ1v) is 7.13. The van der Waals surface area contributed by atoms with E-state index in [1.807, 2.05) is 24.4 Å². The van der Waals surface area contributed by atoms with Gasteiger partial charge in [0, 0.05) is 17.6 Å². The third kappa shape index (κ3) is 3.04. The molecule has 1 saturated heterocycles. The van der Waals surface area contributed by atoms with Crippen molar-refractivity contribution in [2.24, 2.45) is 0 Å². The van der Waals surface area contributed by atoms with E-state index in [2.05, 4.69) is 22.4 Å². The van der Waals surface area contributed by atoms with Crippen LogP contribution in [0.1, 0.15) is 25.7 Å². The summed E-state index contributed by atoms with van der Waals surface area (Å²) in [6.07, 6.45) is 6.76. The second-order valence-electron chi connectivity index (χ2n) is 5.12. The molecule has 0 aliphatic carbocycles. The average molecular weight is 256 g/mol. The van der Waals surface area contributed by atoms with Gasteiger partial charge in [-0.25, -0.2) is 0 Å². The van der Waals surface area contributed by atoms with Crippen LogP contribution in [0.25, 0.3) is 10.9 Å². The summed E-state index contributed by atoms with van der Waals surface area (Å²) in [6, 6.07) is 10.8. The molecule has 1 atom stereocenters. The average Bonchev–Trinajstić information content (AvgIpc) is 2.97. The third-order valence-corrected chi connectivity index (χ3v) is 3.71. The Balaban J connectivity index is 1.56. The molecule has 1 fully saturated rings. The molecule has 1 unspecified atom stereocenters. The molecule has 1 aromatic carbocycles. The van der Waals surface area contributed by atoms with Crippen LogP contribution in [0.2, 0.25) is 0 Å². The molecule has 0 bridgehead atoms. The van der Waals surface area contributed by atoms with Crippen LogP contribution in [0.3, 0.4) is 0 Å². The van der Waals surface area contributed by atoms with Crippen molar-refractivity contribution in [3.05, 3.63) is 36.5 Å². The van der Waals surface area contributed by atoms with Gasteiger partial charge >= 0.3 is 0 Å². The highest BCUT2D eigenvalue weighted by atomic mass is 16.5. The largest absolute Gasteiger partial charge is 0.491 e. The Bertz CT molecular complexity index is 530. The van der Waals surface area contributed by atoms with E-state index in [9.17, 15) is 0 Å². The van der Waals surface area contributed by atoms with Crippen molar-refractivity contribution in [2.75, 3.05) is 13.2 Å². The number of nitrogens with zero attached hydrogens (tertiary/aromatic N) is 1. The van der Waals surface area contributed by atoms with E-state index < -0.39 is 0 Å². The Morgan fingerprint density at radius 1 is 1.26 bits per heavy atom. The highest BCUT2D eigenvalue weighted by Crippen LogP contribution is 2.23. The maximum Gasteiger partial charge on any atom is 0.145 e. The second-order valence-corrected chi connectivity index (χ2v) is 5.12. The molecule has 100 valence electrons. The molecule has 1 N–H and O–H groups in total. The summed E-state index contributed by atoms with van der Waals surface area (Å²) in [5.74, 6) is 0.900. The minimum Gasteiger partial charge on any atom is -0.491 e. The van der Waals surface area contributed by atoms with Crippen molar-refractivity contribution in [3.63, 3.8) is 0 Å². The van der Waals surface area contributed by atoms with E-state index >= 15 is 0 Å². The Labute approximate surface area is 114 Å². The minimum absolute atomic E-state index is 0.703. The zero-order chi connectivity index (χ0) is 12.9. The number of hydrogen-bond acceptors (Lipinski definition) is 3. The molecule has 0 radical (unpaired) electrons. The van der Waals surface area contributed by atoms with Crippen LogP contribution in [0, 0.1) is 0 Å². The quantitative estimate of drug-likeness (QED) is 0.834. The van der Waals surface area contributed by atoms with Gasteiger partial charge in [-0.05, 0) is 44.4 Å². The summed E-state index contributed by atoms with van der Waals surface area (Å²) >= 11 is 0. The highest BCUT2D eigenvalue weighted by molar-refractivity contribution is 5.84. The van der Waals surface area contributed by atoms with E-state index in [4.69, 9.17) is 4.74 Å². The summed E-state index contributed by atoms with van der Waals surface area (Å²) in [4.78, 5) is 4.40. The van der Waals surface area contributed by atoms with Crippen molar-refractivity contribution in [2.45, 2.75) is 31.7 Å². The SMILES string of the molecule is c1cnc2c(OCCCC3CCCN3)cccc2c1. The molecule has 0 spiro atoms. The van der Waals surface area contributed by atoms with Crippen LogP contribution in [-0.2, 0) is 0 Å². The Hall–Kier alpha value is -1.61. The topological polar surface area (TPSA) is 34.1 Å². The lowest BCUT2D eigenvalue weighted by atomic mass is 10.1. The van der Waals surface area contributed by atoms with Gasteiger partial charge in [-0.1, -0.05) is 18.2 Å². The molecular weight excluding hydrogens is 236 g/mol. The number of aromatic nitrogens is 1. The zero-order valence-electron chi connectivity index (χ0n) is 11.1. The first kappa shape index (κ1) is 12.4. The van der Waals surface area contributed by atoms with Crippen LogP contribution in [0.15, 0.2) is 36.5 Å². The molecule has 0 saturated carbocycles. The van der Waals surface area contributed by atoms with Crippen molar-refractivity contribution in [1.82, 2.24) is 10.3 Å². The number of pyridine rings is 1. The van der Waals surface area contributed by atoms with E-state index in [1.54, 1.807) is 0 Å². The standard InChI is InChI=1S/C16H20N2O/c1-5-13-6-2-11-18-16(13)15(9-1)19-12-4-8-14-7-3-10-17-14/h1-2,5-6,9,11,14,17H,3-4,7-8,10,12H2. The molecule has 3 rings (SSSR count). The Morgan fingerprint density at radius 3 is 3.11 bits per heavy atom. The summed E-state index contributed by atoms with van der Waals surface area (Å²) in [5, 5.41) is 4.65. The maximum absolute atomic E-state index is 5.89. The van der Waals surface area contributed by atoms with E-state index in [-0.39, 0.29) is 0 Å². The van der Waals surface area contributed by atoms with Crippen molar-refractivity contribution < 1.29 is 4.74 Å². The molecule has 1 aliphatic heterocycles. The van der Waals surface area contributed by atoms with Gasteiger partial charge < -0.3 is 10.1 Å². The lowest BCUT2D eigenvalue weighted by Gasteiger charge is -2.11. The number of hydrogen-bond donors (Lipinski definition) is 1. The van der Waals surface area contributed by atoms with Crippen molar-refractivity contribution in [3.8, 4) is 5.75 Å². The van der Waals surface area contributed by atoms with E-state index in [1.165, 1.54) is 25.8 Å². The molecule has 2 heterocycles. The second kappa shape index (κ2) is 6.02. The molecule has 3 heteroatoms. The maximum atomic E-state index is 5.89. The predicted molar refractivity (Wildman–Crippen MR) is 77.5 cm³/mol. The number of ether oxygens (including phenoxy) is 1. The fourth-order valence-electron chi connectivity index (χ4n) is 2.71. The zero-order valence-corrected chi connectivity index (χ0v) is 11.1. The van der Waals surface area contributed by atoms with Crippen LogP contribution in [0.4, 0.5) is 0 Å². The monoisotopic (exact) mass is 256 g/mol. The van der Waals surface area contributed by atoms with Gasteiger partial charge in [-0.3, -0.25) is 4.98 Å². The van der Waals surface area contributed by atoms with Gasteiger partial charge in [0.05, 0.1) is 6.61 Å². The molecular formula is C16H20N2O. The van der Waals surface area contributed by atoms with Crippen LogP contribution in [0.5, 0.6) is 5.75 Å². The van der Waals surface area contributed by atoms with E-state index in [0.29, 0.717) is 6.04 Å². The van der Waals surface area contributed by atoms with Crippen LogP contribution >= 0.6 is 0 Å². The first-order chi connectivity index (χ1) is 9.43. The van der Waals surface area contributed by atoms with Gasteiger partial charge in [0.15, 0.2) is 0 Å². The predicted octanol–water partition coefficient (Wildman–Crippen LogP) is 3.15. The van der Waals surface area contributed by atoms with Crippen molar-refractivity contribution >= 4 is 10.9 Å². The summed E-state index contributed by atoms with van der Waals surface area (Å²) in [5.41, 5.74) is 0.962. The van der Waals surface area contributed by atoms with Gasteiger partial charge in [0.2, 0.25) is 0 Å². The lowest BCUT2D eigenvalue weighted by molar-refractivity contribution is 0.301. The van der Waals surface area contributed by atoms with Crippen molar-refractivity contribution in [1.29, 1.82) is 0 Å². The summed E-state index contributed by atoms with van der Waals surface area (Å²) in [6.45, 7) is 1.95. The fourth-order valence-corrected chi connectivity index (χ4v) is 2.71. The molecule has 1 aromatic heterocycles. The number of fused-ring (bicyclic) bond motifs is 1. The lowest BCUT2D eigenvalue weighted by Crippen LogP contribution is -2.21. The summed E-state index contributed by atoms with van der Waals surface area (Å²) < 4.78 is 5.89. The molecule has 3 nitrogen and oxygen atoms in total. The van der Waals surface area contributed by atoms with Gasteiger partial charge in [-0.2, -0.15) is 0 Å². The number of nitrogens with one attached hydrogen (secondary N) is 1. The molecule has 1 aliphatic rings. The highest BCUT2D eigenvalue weighted by Gasteiger charge is 2.13. The van der Waals surface area contributed by atoms with Gasteiger partial charge in [-0.15, -0.1) is 0 Å². The molecule has 19 heavy (non-hydrogen) atoms. The summed E-state index contributed by atoms with van der Waals surface area (Å²) in [7, 11) is 0.